The monoisotopic (exact) mass is 237 g/mol. The van der Waals surface area contributed by atoms with E-state index in [2.05, 4.69) is 15.9 Å². The molecule has 0 spiro atoms. The van der Waals surface area contributed by atoms with Gasteiger partial charge in [-0.05, 0) is 24.2 Å². The third-order valence-electron chi connectivity index (χ3n) is 0.967. The minimum Gasteiger partial charge on any atom is -0.225 e. The molecular weight excluding hydrogens is 230 g/mol. The highest BCUT2D eigenvalue weighted by molar-refractivity contribution is 9.10. The van der Waals surface area contributed by atoms with Gasteiger partial charge in [-0.15, -0.1) is 0 Å². The van der Waals surface area contributed by atoms with E-state index in [-0.39, 0.29) is 12.1 Å². The lowest BCUT2D eigenvalue weighted by Gasteiger charge is -1.95. The molecule has 0 saturated carbocycles. The summed E-state index contributed by atoms with van der Waals surface area (Å²) in [7, 11) is -3.98. The van der Waals surface area contributed by atoms with Crippen molar-refractivity contribution in [1.82, 2.24) is 0 Å². The van der Waals surface area contributed by atoms with E-state index in [0.29, 0.717) is 4.47 Å². The fraction of sp³-hybridized carbons (Fsp3) is 0. The van der Waals surface area contributed by atoms with E-state index in [0.717, 1.165) is 0 Å². The fourth-order valence-corrected chi connectivity index (χ4v) is 1.19. The largest absolute Gasteiger partial charge is 0.238 e. The summed E-state index contributed by atoms with van der Waals surface area (Å²) in [5, 5.41) is 4.83. The molecule has 0 heterocycles. The predicted octanol–water partition coefficient (Wildman–Crippen LogP) is 1.10. The molecule has 0 aliphatic heterocycles. The van der Waals surface area contributed by atoms with Gasteiger partial charge in [-0.2, -0.15) is 0 Å². The van der Waals surface area contributed by atoms with Gasteiger partial charge in [-0.1, -0.05) is 15.9 Å². The van der Waals surface area contributed by atoms with Gasteiger partial charge in [0.1, 0.15) is 0 Å². The Morgan fingerprint density at radius 1 is 1.45 bits per heavy atom. The van der Waals surface area contributed by atoms with Gasteiger partial charge in [0.25, 0.3) is 0 Å². The van der Waals surface area contributed by atoms with E-state index in [1.54, 1.807) is 0 Å². The first kappa shape index (κ1) is 6.16. The number of hydrogen-bond acceptors (Lipinski definition) is 2. The van der Waals surface area contributed by atoms with Crippen LogP contribution in [0.2, 0.25) is 0 Å². The Hall–Kier alpha value is -0.390. The first-order chi connectivity index (χ1) is 5.82. The summed E-state index contributed by atoms with van der Waals surface area (Å²) in [6.07, 6.45) is 0. The second kappa shape index (κ2) is 2.92. The summed E-state index contributed by atoms with van der Waals surface area (Å²) in [5.41, 5.74) is 0. The van der Waals surface area contributed by atoms with Crippen molar-refractivity contribution in [3.05, 3.63) is 28.7 Å². The highest BCUT2D eigenvalue weighted by Gasteiger charge is 2.05. The van der Waals surface area contributed by atoms with E-state index in [1.165, 1.54) is 12.1 Å². The molecule has 0 aliphatic carbocycles. The summed E-state index contributed by atoms with van der Waals surface area (Å²) in [5.74, 6) is 0. The number of halogens is 1. The van der Waals surface area contributed by atoms with Crippen LogP contribution in [0, 0.1) is 0 Å². The average Bonchev–Trinajstić information content (AvgIpc) is 1.78. The van der Waals surface area contributed by atoms with Crippen LogP contribution in [0.3, 0.4) is 0 Å². The zero-order valence-corrected chi connectivity index (χ0v) is 7.74. The van der Waals surface area contributed by atoms with Crippen molar-refractivity contribution in [2.24, 2.45) is 5.14 Å². The first-order valence-corrected chi connectivity index (χ1v) is 4.96. The molecule has 1 aromatic rings. The molecule has 2 N–H and O–H groups in total. The second-order valence-electron chi connectivity index (χ2n) is 1.84. The fourth-order valence-electron chi connectivity index (χ4n) is 0.517. The smallest absolute Gasteiger partial charge is 0.225 e. The Morgan fingerprint density at radius 3 is 2.27 bits per heavy atom. The molecule has 3 nitrogen and oxygen atoms in total. The Labute approximate surface area is 76.2 Å². The maximum atomic E-state index is 10.9. The number of rotatable bonds is 1. The highest BCUT2D eigenvalue weighted by atomic mass is 79.9. The van der Waals surface area contributed by atoms with Gasteiger partial charge in [-0.25, -0.2) is 13.6 Å². The SMILES string of the molecule is [2H]c1cc(Br)cc([2H])c1S(N)(=O)=O. The number of nitrogens with two attached hydrogens (primary N) is 1. The van der Waals surface area contributed by atoms with Crippen LogP contribution >= 0.6 is 15.9 Å². The molecule has 0 fully saturated rings. The summed E-state index contributed by atoms with van der Waals surface area (Å²) in [6, 6.07) is 2.00. The Kier molecular flexibility index (Phi) is 1.64. The molecule has 1 aromatic carbocycles. The quantitative estimate of drug-likeness (QED) is 0.796. The van der Waals surface area contributed by atoms with Crippen LogP contribution in [0.5, 0.6) is 0 Å². The van der Waals surface area contributed by atoms with Gasteiger partial charge in [0.15, 0.2) is 0 Å². The molecule has 1 rings (SSSR count). The molecule has 0 unspecified atom stereocenters. The van der Waals surface area contributed by atoms with E-state index >= 15 is 0 Å². The maximum absolute atomic E-state index is 10.9. The van der Waals surface area contributed by atoms with Gasteiger partial charge in [0.05, 0.1) is 7.64 Å². The lowest BCUT2D eigenvalue weighted by atomic mass is 10.4. The van der Waals surface area contributed by atoms with Crippen molar-refractivity contribution in [2.75, 3.05) is 0 Å². The van der Waals surface area contributed by atoms with Crippen molar-refractivity contribution >= 4 is 26.0 Å². The van der Waals surface area contributed by atoms with E-state index in [4.69, 9.17) is 7.88 Å². The zero-order chi connectivity index (χ0) is 10.2. The third kappa shape index (κ3) is 2.28. The Balaban J connectivity index is 3.57. The number of benzene rings is 1. The van der Waals surface area contributed by atoms with E-state index in [9.17, 15) is 8.42 Å². The lowest BCUT2D eigenvalue weighted by molar-refractivity contribution is 0.598. The molecular formula is C6H6BrNO2S. The predicted molar refractivity (Wildman–Crippen MR) is 45.5 cm³/mol. The normalized spacial score (nSPS) is 14.0. The van der Waals surface area contributed by atoms with Gasteiger partial charge >= 0.3 is 0 Å². The summed E-state index contributed by atoms with van der Waals surface area (Å²) in [6.45, 7) is 0. The van der Waals surface area contributed by atoms with Crippen molar-refractivity contribution < 1.29 is 11.2 Å². The minimum atomic E-state index is -3.98. The van der Waals surface area contributed by atoms with Crippen LogP contribution in [0.4, 0.5) is 0 Å². The van der Waals surface area contributed by atoms with E-state index in [1.807, 2.05) is 0 Å². The van der Waals surface area contributed by atoms with Crippen molar-refractivity contribution in [1.29, 1.82) is 0 Å². The molecule has 0 amide bonds. The van der Waals surface area contributed by atoms with Gasteiger partial charge in [0, 0.05) is 4.47 Å². The first-order valence-electron chi connectivity index (χ1n) is 3.62. The van der Waals surface area contributed by atoms with Crippen LogP contribution in [-0.2, 0) is 10.0 Å². The van der Waals surface area contributed by atoms with Crippen LogP contribution in [0.15, 0.2) is 33.6 Å². The summed E-state index contributed by atoms with van der Waals surface area (Å²) in [4.78, 5) is -0.448. The Morgan fingerprint density at radius 2 is 1.91 bits per heavy atom. The maximum Gasteiger partial charge on any atom is 0.238 e. The van der Waals surface area contributed by atoms with Gasteiger partial charge in [-0.3, -0.25) is 0 Å². The van der Waals surface area contributed by atoms with Crippen LogP contribution in [0.25, 0.3) is 0 Å². The van der Waals surface area contributed by atoms with Crippen LogP contribution in [0.1, 0.15) is 2.74 Å². The topological polar surface area (TPSA) is 60.2 Å². The van der Waals surface area contributed by atoms with Gasteiger partial charge in [0.2, 0.25) is 10.0 Å². The number of primary sulfonamides is 1. The average molecular weight is 238 g/mol. The van der Waals surface area contributed by atoms with Crippen molar-refractivity contribution in [2.45, 2.75) is 4.90 Å². The highest BCUT2D eigenvalue weighted by Crippen LogP contribution is 2.12. The standard InChI is InChI=1S/C6H6BrNO2S/c7-5-1-3-6(4-2-5)11(8,9)10/h1-4H,(H2,8,9,10)/i3D,4D. The molecule has 0 saturated heterocycles. The lowest BCUT2D eigenvalue weighted by Crippen LogP contribution is -2.11. The summed E-state index contributed by atoms with van der Waals surface area (Å²) >= 11 is 3.04. The minimum absolute atomic E-state index is 0.276. The molecule has 0 bridgehead atoms. The molecule has 60 valence electrons. The van der Waals surface area contributed by atoms with E-state index < -0.39 is 14.9 Å². The molecule has 0 aromatic heterocycles. The van der Waals surface area contributed by atoms with Crippen molar-refractivity contribution in [3.8, 4) is 0 Å². The number of sulfonamides is 1. The Bertz CT molecular complexity index is 423. The molecule has 0 atom stereocenters. The van der Waals surface area contributed by atoms with Gasteiger partial charge < -0.3 is 0 Å². The van der Waals surface area contributed by atoms with Crippen molar-refractivity contribution in [3.63, 3.8) is 0 Å². The molecule has 0 radical (unpaired) electrons. The third-order valence-corrected chi connectivity index (χ3v) is 2.23. The van der Waals surface area contributed by atoms with Crippen LogP contribution in [-0.4, -0.2) is 8.42 Å². The number of hydrogen-bond donors (Lipinski definition) is 1. The van der Waals surface area contributed by atoms with Crippen LogP contribution < -0.4 is 5.14 Å². The second-order valence-corrected chi connectivity index (χ2v) is 4.25. The molecule has 11 heavy (non-hydrogen) atoms. The summed E-state index contributed by atoms with van der Waals surface area (Å²) < 4.78 is 36.9. The zero-order valence-electron chi connectivity index (χ0n) is 7.33. The molecule has 0 aliphatic rings. The molecule has 5 heteroatoms.